The first-order valence-electron chi connectivity index (χ1n) is 9.44. The molecule has 0 amide bonds. The smallest absolute Gasteiger partial charge is 0.332 e. The van der Waals surface area contributed by atoms with Gasteiger partial charge in [0.25, 0.3) is 5.56 Å². The molecule has 156 valence electrons. The quantitative estimate of drug-likeness (QED) is 0.467. The summed E-state index contributed by atoms with van der Waals surface area (Å²) < 4.78 is 5.87. The molecule has 2 aromatic carbocycles. The highest BCUT2D eigenvalue weighted by atomic mass is 35.5. The molecule has 10 heteroatoms. The number of aromatic nitrogens is 6. The SMILES string of the molecule is Cn1c(=O)c2c(n(C)c1=O)n1c(-c3ccc(O)cc3)nnc1n2Cc1ccccc1Cl. The van der Waals surface area contributed by atoms with Gasteiger partial charge in [0.1, 0.15) is 5.75 Å². The van der Waals surface area contributed by atoms with Crippen LogP contribution in [0.3, 0.4) is 0 Å². The van der Waals surface area contributed by atoms with E-state index < -0.39 is 11.2 Å². The molecule has 0 aliphatic rings. The first kappa shape index (κ1) is 19.1. The zero-order chi connectivity index (χ0) is 21.9. The number of nitrogens with zero attached hydrogens (tertiary/aromatic N) is 6. The number of benzene rings is 2. The van der Waals surface area contributed by atoms with E-state index in [0.717, 1.165) is 10.1 Å². The first-order valence-corrected chi connectivity index (χ1v) is 9.82. The van der Waals surface area contributed by atoms with Crippen LogP contribution in [-0.2, 0) is 20.6 Å². The summed E-state index contributed by atoms with van der Waals surface area (Å²) >= 11 is 6.37. The monoisotopic (exact) mass is 436 g/mol. The van der Waals surface area contributed by atoms with Crippen molar-refractivity contribution in [3.63, 3.8) is 0 Å². The minimum absolute atomic E-state index is 0.118. The molecule has 31 heavy (non-hydrogen) atoms. The molecule has 5 rings (SSSR count). The summed E-state index contributed by atoms with van der Waals surface area (Å²) in [6.07, 6.45) is 0. The Labute approximate surface area is 180 Å². The molecule has 3 heterocycles. The molecule has 5 aromatic rings. The lowest BCUT2D eigenvalue weighted by Gasteiger charge is -2.08. The van der Waals surface area contributed by atoms with Gasteiger partial charge in [-0.3, -0.25) is 18.5 Å². The van der Waals surface area contributed by atoms with Crippen molar-refractivity contribution in [2.24, 2.45) is 14.1 Å². The fourth-order valence-electron chi connectivity index (χ4n) is 3.80. The van der Waals surface area contributed by atoms with Crippen LogP contribution >= 0.6 is 11.6 Å². The van der Waals surface area contributed by atoms with E-state index in [-0.39, 0.29) is 12.3 Å². The van der Waals surface area contributed by atoms with Crippen LogP contribution in [0.5, 0.6) is 5.75 Å². The van der Waals surface area contributed by atoms with Crippen LogP contribution in [0.2, 0.25) is 5.02 Å². The van der Waals surface area contributed by atoms with Crippen molar-refractivity contribution in [3.05, 3.63) is 80.0 Å². The van der Waals surface area contributed by atoms with Gasteiger partial charge in [0.2, 0.25) is 5.78 Å². The fraction of sp³-hybridized carbons (Fsp3) is 0.143. The van der Waals surface area contributed by atoms with Gasteiger partial charge in [0.05, 0.1) is 6.54 Å². The Morgan fingerprint density at radius 1 is 0.968 bits per heavy atom. The van der Waals surface area contributed by atoms with E-state index in [0.29, 0.717) is 33.4 Å². The molecule has 0 saturated heterocycles. The van der Waals surface area contributed by atoms with Crippen molar-refractivity contribution in [3.8, 4) is 17.1 Å². The van der Waals surface area contributed by atoms with E-state index in [1.54, 1.807) is 34.2 Å². The molecule has 0 spiro atoms. The summed E-state index contributed by atoms with van der Waals surface area (Å²) in [4.78, 5) is 25.8. The van der Waals surface area contributed by atoms with Gasteiger partial charge in [-0.15, -0.1) is 10.2 Å². The van der Waals surface area contributed by atoms with Gasteiger partial charge in [0.15, 0.2) is 17.0 Å². The van der Waals surface area contributed by atoms with E-state index >= 15 is 0 Å². The number of hydrogen-bond acceptors (Lipinski definition) is 5. The normalized spacial score (nSPS) is 11.6. The highest BCUT2D eigenvalue weighted by molar-refractivity contribution is 6.31. The molecular weight excluding hydrogens is 420 g/mol. The van der Waals surface area contributed by atoms with Gasteiger partial charge in [0, 0.05) is 24.7 Å². The van der Waals surface area contributed by atoms with Crippen LogP contribution in [-0.4, -0.2) is 33.4 Å². The zero-order valence-corrected chi connectivity index (χ0v) is 17.4. The number of rotatable bonds is 3. The van der Waals surface area contributed by atoms with E-state index in [1.807, 2.05) is 18.2 Å². The topological polar surface area (TPSA) is 99.3 Å². The lowest BCUT2D eigenvalue weighted by atomic mass is 10.2. The third kappa shape index (κ3) is 2.77. The number of fused-ring (bicyclic) bond motifs is 3. The Hall–Kier alpha value is -3.85. The van der Waals surface area contributed by atoms with Crippen LogP contribution in [0.15, 0.2) is 58.1 Å². The number of phenolic OH excluding ortho intramolecular Hbond substituents is 1. The fourth-order valence-corrected chi connectivity index (χ4v) is 3.99. The Morgan fingerprint density at radius 3 is 2.39 bits per heavy atom. The molecular formula is C21H17ClN6O3. The van der Waals surface area contributed by atoms with Crippen molar-refractivity contribution in [1.29, 1.82) is 0 Å². The number of imidazole rings is 1. The number of hydrogen-bond donors (Lipinski definition) is 1. The van der Waals surface area contributed by atoms with Gasteiger partial charge >= 0.3 is 5.69 Å². The number of aryl methyl sites for hydroxylation is 1. The predicted octanol–water partition coefficient (Wildman–Crippen LogP) is 2.16. The second kappa shape index (κ2) is 6.85. The second-order valence-electron chi connectivity index (χ2n) is 7.26. The zero-order valence-electron chi connectivity index (χ0n) is 16.7. The Morgan fingerprint density at radius 2 is 1.68 bits per heavy atom. The summed E-state index contributed by atoms with van der Waals surface area (Å²) in [5.74, 6) is 0.962. The average molecular weight is 437 g/mol. The van der Waals surface area contributed by atoms with Crippen molar-refractivity contribution < 1.29 is 5.11 Å². The van der Waals surface area contributed by atoms with Gasteiger partial charge in [-0.05, 0) is 35.9 Å². The van der Waals surface area contributed by atoms with Crippen LogP contribution in [0.4, 0.5) is 0 Å². The molecule has 0 aliphatic carbocycles. The first-order chi connectivity index (χ1) is 14.9. The molecule has 0 fully saturated rings. The molecule has 0 atom stereocenters. The lowest BCUT2D eigenvalue weighted by molar-refractivity contribution is 0.475. The number of aromatic hydroxyl groups is 1. The van der Waals surface area contributed by atoms with Crippen LogP contribution in [0, 0.1) is 0 Å². The Kier molecular flexibility index (Phi) is 4.23. The average Bonchev–Trinajstić information content (AvgIpc) is 3.32. The maximum Gasteiger partial charge on any atom is 0.332 e. The third-order valence-electron chi connectivity index (χ3n) is 5.39. The minimum Gasteiger partial charge on any atom is -0.508 e. The van der Waals surface area contributed by atoms with E-state index in [1.165, 1.54) is 23.7 Å². The number of phenols is 1. The Bertz CT molecular complexity index is 1590. The molecule has 1 N–H and O–H groups in total. The molecule has 0 bridgehead atoms. The molecule has 9 nitrogen and oxygen atoms in total. The minimum atomic E-state index is -0.459. The summed E-state index contributed by atoms with van der Waals surface area (Å²) in [6.45, 7) is 0.272. The second-order valence-corrected chi connectivity index (χ2v) is 7.67. The largest absolute Gasteiger partial charge is 0.508 e. The standard InChI is InChI=1S/C21H17ClN6O3/c1-25-18-16(19(30)26(2)21(25)31)27(11-13-5-3-4-6-15(13)22)20-24-23-17(28(18)20)12-7-9-14(29)10-8-12/h3-10,29H,11H2,1-2H3. The van der Waals surface area contributed by atoms with Crippen molar-refractivity contribution in [1.82, 2.24) is 28.3 Å². The van der Waals surface area contributed by atoms with E-state index in [4.69, 9.17) is 11.6 Å². The highest BCUT2D eigenvalue weighted by Gasteiger charge is 2.24. The lowest BCUT2D eigenvalue weighted by Crippen LogP contribution is -2.37. The molecule has 0 aliphatic heterocycles. The highest BCUT2D eigenvalue weighted by Crippen LogP contribution is 2.27. The van der Waals surface area contributed by atoms with Gasteiger partial charge in [-0.25, -0.2) is 9.20 Å². The van der Waals surface area contributed by atoms with Crippen LogP contribution in [0.25, 0.3) is 28.3 Å². The molecule has 0 radical (unpaired) electrons. The molecule has 0 saturated carbocycles. The maximum atomic E-state index is 13.2. The van der Waals surface area contributed by atoms with Crippen molar-refractivity contribution in [2.75, 3.05) is 0 Å². The van der Waals surface area contributed by atoms with Gasteiger partial charge in [-0.2, -0.15) is 0 Å². The van der Waals surface area contributed by atoms with E-state index in [9.17, 15) is 14.7 Å². The van der Waals surface area contributed by atoms with Crippen LogP contribution in [0.1, 0.15) is 5.56 Å². The third-order valence-corrected chi connectivity index (χ3v) is 5.76. The Balaban J connectivity index is 1.92. The molecule has 0 unspecified atom stereocenters. The van der Waals surface area contributed by atoms with Crippen molar-refractivity contribution >= 4 is 28.5 Å². The number of halogens is 1. The van der Waals surface area contributed by atoms with E-state index in [2.05, 4.69) is 10.2 Å². The maximum absolute atomic E-state index is 13.2. The van der Waals surface area contributed by atoms with Crippen LogP contribution < -0.4 is 11.2 Å². The predicted molar refractivity (Wildman–Crippen MR) is 117 cm³/mol. The summed E-state index contributed by atoms with van der Waals surface area (Å²) in [5.41, 5.74) is 1.27. The summed E-state index contributed by atoms with van der Waals surface area (Å²) in [6, 6.07) is 13.8. The summed E-state index contributed by atoms with van der Waals surface area (Å²) in [5, 5.41) is 18.8. The van der Waals surface area contributed by atoms with Crippen molar-refractivity contribution in [2.45, 2.75) is 6.54 Å². The van der Waals surface area contributed by atoms with Gasteiger partial charge < -0.3 is 5.11 Å². The molecule has 3 aromatic heterocycles. The summed E-state index contributed by atoms with van der Waals surface area (Å²) in [7, 11) is 3.04. The van der Waals surface area contributed by atoms with Gasteiger partial charge in [-0.1, -0.05) is 29.8 Å².